The lowest BCUT2D eigenvalue weighted by molar-refractivity contribution is 0.446. The predicted octanol–water partition coefficient (Wildman–Crippen LogP) is 6.66. The number of unbranched alkanes of at least 4 members (excludes halogenated alkanes) is 3. The Kier molecular flexibility index (Phi) is 7.38. The number of thiocarbonyl (C=S) groups is 1. The molecule has 0 spiro atoms. The van der Waals surface area contributed by atoms with Crippen LogP contribution in [-0.2, 0) is 6.42 Å². The van der Waals surface area contributed by atoms with Gasteiger partial charge in [0.15, 0.2) is 17.5 Å². The van der Waals surface area contributed by atoms with Crippen molar-refractivity contribution in [1.29, 1.82) is 0 Å². The number of benzene rings is 2. The fourth-order valence-electron chi connectivity index (χ4n) is 2.52. The monoisotopic (exact) mass is 362 g/mol. The summed E-state index contributed by atoms with van der Waals surface area (Å²) in [5.41, 5.74) is 2.07. The van der Waals surface area contributed by atoms with E-state index in [4.69, 9.17) is 12.2 Å². The highest BCUT2D eigenvalue weighted by molar-refractivity contribution is 7.81. The third-order valence-electron chi connectivity index (χ3n) is 4.04. The Bertz CT molecular complexity index is 748. The Morgan fingerprint density at radius 1 is 0.920 bits per heavy atom. The summed E-state index contributed by atoms with van der Waals surface area (Å²) in [6.07, 6.45) is 8.82. The number of allylic oxidation sites excluding steroid dienone is 1. The lowest BCUT2D eigenvalue weighted by Crippen LogP contribution is -1.96. The zero-order chi connectivity index (χ0) is 18.2. The van der Waals surface area contributed by atoms with Crippen LogP contribution in [0.4, 0.5) is 13.2 Å². The standard InChI is InChI=1S/C21H21F3S/c1-2-3-4-5-6-15-7-9-16(10-8-15)19(25)14-12-17-11-13-18(22)21(24)20(17)23/h7-14H,2-6H2,1H3. The van der Waals surface area contributed by atoms with Gasteiger partial charge in [0.05, 0.1) is 0 Å². The van der Waals surface area contributed by atoms with Crippen LogP contribution in [0, 0.1) is 17.5 Å². The van der Waals surface area contributed by atoms with Crippen LogP contribution in [0.15, 0.2) is 42.5 Å². The van der Waals surface area contributed by atoms with Crippen LogP contribution in [0.2, 0.25) is 0 Å². The second-order valence-electron chi connectivity index (χ2n) is 5.97. The third kappa shape index (κ3) is 5.53. The van der Waals surface area contributed by atoms with Gasteiger partial charge in [0.2, 0.25) is 0 Å². The maximum atomic E-state index is 13.6. The van der Waals surface area contributed by atoms with E-state index >= 15 is 0 Å². The molecular weight excluding hydrogens is 341 g/mol. The van der Waals surface area contributed by atoms with Crippen molar-refractivity contribution >= 4 is 23.2 Å². The predicted molar refractivity (Wildman–Crippen MR) is 101 cm³/mol. The van der Waals surface area contributed by atoms with Crippen molar-refractivity contribution < 1.29 is 13.2 Å². The molecule has 0 aliphatic heterocycles. The van der Waals surface area contributed by atoms with E-state index in [0.717, 1.165) is 18.1 Å². The lowest BCUT2D eigenvalue weighted by Gasteiger charge is -2.04. The molecule has 2 aromatic rings. The van der Waals surface area contributed by atoms with Gasteiger partial charge in [-0.1, -0.05) is 68.7 Å². The fourth-order valence-corrected chi connectivity index (χ4v) is 2.73. The second-order valence-corrected chi connectivity index (χ2v) is 6.41. The minimum Gasteiger partial charge on any atom is -0.204 e. The first-order valence-corrected chi connectivity index (χ1v) is 8.88. The molecule has 0 radical (unpaired) electrons. The molecule has 0 aromatic heterocycles. The Labute approximate surface area is 152 Å². The van der Waals surface area contributed by atoms with E-state index in [-0.39, 0.29) is 5.56 Å². The summed E-state index contributed by atoms with van der Waals surface area (Å²) in [7, 11) is 0. The first-order chi connectivity index (χ1) is 12.0. The van der Waals surface area contributed by atoms with Gasteiger partial charge in [0.1, 0.15) is 0 Å². The van der Waals surface area contributed by atoms with Gasteiger partial charge < -0.3 is 0 Å². The van der Waals surface area contributed by atoms with Crippen LogP contribution in [0.1, 0.15) is 49.3 Å². The van der Waals surface area contributed by atoms with Gasteiger partial charge in [-0.15, -0.1) is 0 Å². The van der Waals surface area contributed by atoms with E-state index in [1.54, 1.807) is 0 Å². The Hall–Kier alpha value is -1.94. The zero-order valence-electron chi connectivity index (χ0n) is 14.2. The topological polar surface area (TPSA) is 0 Å². The van der Waals surface area contributed by atoms with E-state index in [1.165, 1.54) is 49.5 Å². The minimum atomic E-state index is -1.47. The molecule has 25 heavy (non-hydrogen) atoms. The van der Waals surface area contributed by atoms with Crippen LogP contribution in [0.3, 0.4) is 0 Å². The molecule has 2 rings (SSSR count). The first-order valence-electron chi connectivity index (χ1n) is 8.47. The lowest BCUT2D eigenvalue weighted by atomic mass is 10.0. The summed E-state index contributed by atoms with van der Waals surface area (Å²) < 4.78 is 39.8. The summed E-state index contributed by atoms with van der Waals surface area (Å²) in [5, 5.41) is 0. The average molecular weight is 362 g/mol. The van der Waals surface area contributed by atoms with Crippen molar-refractivity contribution in [3.8, 4) is 0 Å². The maximum Gasteiger partial charge on any atom is 0.195 e. The van der Waals surface area contributed by atoms with Crippen LogP contribution in [-0.4, -0.2) is 4.86 Å². The molecule has 0 unspecified atom stereocenters. The van der Waals surface area contributed by atoms with Crippen LogP contribution in [0.25, 0.3) is 6.08 Å². The molecule has 0 saturated carbocycles. The van der Waals surface area contributed by atoms with E-state index < -0.39 is 17.5 Å². The molecule has 0 aliphatic carbocycles. The SMILES string of the molecule is CCCCCCc1ccc(C(=S)C=Cc2ccc(F)c(F)c2F)cc1. The highest BCUT2D eigenvalue weighted by Gasteiger charge is 2.11. The highest BCUT2D eigenvalue weighted by atomic mass is 32.1. The number of hydrogen-bond acceptors (Lipinski definition) is 1. The smallest absolute Gasteiger partial charge is 0.195 e. The molecule has 2 aromatic carbocycles. The summed E-state index contributed by atoms with van der Waals surface area (Å²) in [4.78, 5) is 0.515. The molecule has 0 fully saturated rings. The number of hydrogen-bond donors (Lipinski definition) is 0. The van der Waals surface area contributed by atoms with Gasteiger partial charge in [-0.05, 0) is 42.2 Å². The van der Waals surface area contributed by atoms with Crippen LogP contribution < -0.4 is 0 Å². The Balaban J connectivity index is 2.00. The Morgan fingerprint density at radius 3 is 2.32 bits per heavy atom. The van der Waals surface area contributed by atoms with Crippen molar-refractivity contribution in [2.45, 2.75) is 39.0 Å². The molecule has 4 heteroatoms. The van der Waals surface area contributed by atoms with Crippen molar-refractivity contribution in [1.82, 2.24) is 0 Å². The van der Waals surface area contributed by atoms with E-state index in [9.17, 15) is 13.2 Å². The third-order valence-corrected chi connectivity index (χ3v) is 4.41. The van der Waals surface area contributed by atoms with Gasteiger partial charge in [0, 0.05) is 10.4 Å². The number of halogens is 3. The van der Waals surface area contributed by atoms with E-state index in [0.29, 0.717) is 4.86 Å². The summed E-state index contributed by atoms with van der Waals surface area (Å²) in [6, 6.07) is 10.0. The largest absolute Gasteiger partial charge is 0.204 e. The minimum absolute atomic E-state index is 0.0335. The van der Waals surface area contributed by atoms with Gasteiger partial charge in [-0.2, -0.15) is 0 Å². The second kappa shape index (κ2) is 9.52. The van der Waals surface area contributed by atoms with E-state index in [1.807, 2.05) is 24.3 Å². The van der Waals surface area contributed by atoms with Crippen molar-refractivity contribution in [3.63, 3.8) is 0 Å². The van der Waals surface area contributed by atoms with Crippen molar-refractivity contribution in [2.75, 3.05) is 0 Å². The van der Waals surface area contributed by atoms with Gasteiger partial charge in [-0.25, -0.2) is 13.2 Å². The van der Waals surface area contributed by atoms with Gasteiger partial charge in [0.25, 0.3) is 0 Å². The molecule has 0 heterocycles. The summed E-state index contributed by atoms with van der Waals surface area (Å²) in [6.45, 7) is 2.19. The normalized spacial score (nSPS) is 11.2. The molecular formula is C21H21F3S. The highest BCUT2D eigenvalue weighted by Crippen LogP contribution is 2.17. The molecule has 0 saturated heterocycles. The van der Waals surface area contributed by atoms with Crippen molar-refractivity contribution in [3.05, 3.63) is 76.6 Å². The van der Waals surface area contributed by atoms with Gasteiger partial charge >= 0.3 is 0 Å². The molecule has 0 bridgehead atoms. The first kappa shape index (κ1) is 19.4. The van der Waals surface area contributed by atoms with E-state index in [2.05, 4.69) is 6.92 Å². The molecule has 0 aliphatic rings. The Morgan fingerprint density at radius 2 is 1.64 bits per heavy atom. The zero-order valence-corrected chi connectivity index (χ0v) is 15.0. The van der Waals surface area contributed by atoms with Crippen molar-refractivity contribution in [2.24, 2.45) is 0 Å². The van der Waals surface area contributed by atoms with Crippen LogP contribution in [0.5, 0.6) is 0 Å². The fraction of sp³-hybridized carbons (Fsp3) is 0.286. The molecule has 132 valence electrons. The molecule has 0 atom stereocenters. The van der Waals surface area contributed by atoms with Gasteiger partial charge in [-0.3, -0.25) is 0 Å². The summed E-state index contributed by atoms with van der Waals surface area (Å²) in [5.74, 6) is -3.88. The average Bonchev–Trinajstić information content (AvgIpc) is 2.63. The number of aryl methyl sites for hydroxylation is 1. The van der Waals surface area contributed by atoms with Crippen LogP contribution >= 0.6 is 12.2 Å². The molecule has 0 amide bonds. The quantitative estimate of drug-likeness (QED) is 0.166. The molecule has 0 nitrogen and oxygen atoms in total. The summed E-state index contributed by atoms with van der Waals surface area (Å²) >= 11 is 5.31. The number of rotatable bonds is 8. The molecule has 0 N–H and O–H groups in total. The maximum absolute atomic E-state index is 13.6.